The lowest BCUT2D eigenvalue weighted by atomic mass is 10.1. The van der Waals surface area contributed by atoms with E-state index >= 15 is 0 Å². The predicted molar refractivity (Wildman–Crippen MR) is 68.8 cm³/mol. The van der Waals surface area contributed by atoms with Gasteiger partial charge in [-0.2, -0.15) is 0 Å². The maximum Gasteiger partial charge on any atom is 0.0209 e. The summed E-state index contributed by atoms with van der Waals surface area (Å²) in [5.41, 5.74) is 0. The Morgan fingerprint density at radius 1 is 1.06 bits per heavy atom. The minimum Gasteiger partial charge on any atom is -0.310 e. The molecular weight excluding hydrogens is 198 g/mol. The Bertz CT molecular complexity index is 207. The fraction of sp³-hybridized carbons (Fsp3) is 1.00. The first-order valence-electron chi connectivity index (χ1n) is 6.95. The van der Waals surface area contributed by atoms with E-state index in [1.807, 2.05) is 0 Å². The Morgan fingerprint density at radius 3 is 2.56 bits per heavy atom. The summed E-state index contributed by atoms with van der Waals surface area (Å²) in [4.78, 5) is 5.02. The third kappa shape index (κ3) is 3.44. The molecule has 3 nitrogen and oxygen atoms in total. The lowest BCUT2D eigenvalue weighted by Crippen LogP contribution is -2.40. The van der Waals surface area contributed by atoms with Crippen molar-refractivity contribution in [3.05, 3.63) is 0 Å². The van der Waals surface area contributed by atoms with Gasteiger partial charge < -0.3 is 15.1 Å². The molecule has 2 unspecified atom stereocenters. The summed E-state index contributed by atoms with van der Waals surface area (Å²) in [6.07, 6.45) is 5.42. The largest absolute Gasteiger partial charge is 0.310 e. The summed E-state index contributed by atoms with van der Waals surface area (Å²) in [6.45, 7) is 8.61. The predicted octanol–water partition coefficient (Wildman–Crippen LogP) is 1.15. The second kappa shape index (κ2) is 5.99. The van der Waals surface area contributed by atoms with E-state index in [4.69, 9.17) is 0 Å². The molecule has 16 heavy (non-hydrogen) atoms. The molecule has 2 heterocycles. The van der Waals surface area contributed by atoms with Gasteiger partial charge in [0.2, 0.25) is 0 Å². The van der Waals surface area contributed by atoms with Gasteiger partial charge in [0, 0.05) is 18.6 Å². The molecular formula is C13H27N3. The van der Waals surface area contributed by atoms with Gasteiger partial charge in [0.15, 0.2) is 0 Å². The van der Waals surface area contributed by atoms with Gasteiger partial charge in [0.05, 0.1) is 0 Å². The highest BCUT2D eigenvalue weighted by atomic mass is 15.2. The fourth-order valence-corrected chi connectivity index (χ4v) is 3.04. The fourth-order valence-electron chi connectivity index (χ4n) is 3.04. The number of rotatable bonds is 3. The minimum atomic E-state index is 0.753. The van der Waals surface area contributed by atoms with E-state index in [-0.39, 0.29) is 0 Å². The first-order chi connectivity index (χ1) is 7.78. The molecule has 2 fully saturated rings. The molecule has 0 saturated carbocycles. The molecule has 0 aromatic carbocycles. The molecule has 2 saturated heterocycles. The van der Waals surface area contributed by atoms with Crippen molar-refractivity contribution in [2.24, 2.45) is 0 Å². The van der Waals surface area contributed by atoms with E-state index in [1.165, 1.54) is 58.4 Å². The van der Waals surface area contributed by atoms with Crippen molar-refractivity contribution in [1.82, 2.24) is 15.1 Å². The number of likely N-dealkylation sites (N-methyl/N-ethyl adjacent to an activating group) is 1. The zero-order valence-corrected chi connectivity index (χ0v) is 10.9. The molecule has 0 aromatic rings. The van der Waals surface area contributed by atoms with Crippen molar-refractivity contribution >= 4 is 0 Å². The summed E-state index contributed by atoms with van der Waals surface area (Å²) < 4.78 is 0. The van der Waals surface area contributed by atoms with E-state index in [0.29, 0.717) is 0 Å². The number of nitrogens with zero attached hydrogens (tertiary/aromatic N) is 2. The lowest BCUT2D eigenvalue weighted by Gasteiger charge is -2.22. The van der Waals surface area contributed by atoms with E-state index in [2.05, 4.69) is 29.1 Å². The molecule has 2 aliphatic rings. The van der Waals surface area contributed by atoms with Gasteiger partial charge in [-0.05, 0) is 58.9 Å². The number of hydrogen-bond acceptors (Lipinski definition) is 3. The van der Waals surface area contributed by atoms with Crippen LogP contribution in [0.3, 0.4) is 0 Å². The van der Waals surface area contributed by atoms with Crippen molar-refractivity contribution in [3.8, 4) is 0 Å². The second-order valence-corrected chi connectivity index (χ2v) is 5.48. The van der Waals surface area contributed by atoms with Crippen LogP contribution in [0.25, 0.3) is 0 Å². The first kappa shape index (κ1) is 12.3. The molecule has 0 radical (unpaired) electrons. The molecule has 0 amide bonds. The van der Waals surface area contributed by atoms with E-state index < -0.39 is 0 Å². The summed E-state index contributed by atoms with van der Waals surface area (Å²) in [5, 5.41) is 3.86. The molecule has 0 aliphatic carbocycles. The summed E-state index contributed by atoms with van der Waals surface area (Å²) >= 11 is 0. The monoisotopic (exact) mass is 225 g/mol. The van der Waals surface area contributed by atoms with Crippen LogP contribution < -0.4 is 5.32 Å². The van der Waals surface area contributed by atoms with Crippen LogP contribution in [0, 0.1) is 0 Å². The van der Waals surface area contributed by atoms with Crippen molar-refractivity contribution in [2.45, 2.75) is 44.7 Å². The average molecular weight is 225 g/mol. The van der Waals surface area contributed by atoms with Crippen LogP contribution in [-0.2, 0) is 0 Å². The Labute approximate surface area is 100 Å². The molecule has 94 valence electrons. The van der Waals surface area contributed by atoms with Crippen molar-refractivity contribution in [1.29, 1.82) is 0 Å². The smallest absolute Gasteiger partial charge is 0.0209 e. The Morgan fingerprint density at radius 2 is 1.88 bits per heavy atom. The van der Waals surface area contributed by atoms with Crippen molar-refractivity contribution in [2.75, 3.05) is 39.8 Å². The number of likely N-dealkylation sites (tertiary alicyclic amines) is 2. The van der Waals surface area contributed by atoms with Gasteiger partial charge in [0.1, 0.15) is 0 Å². The first-order valence-corrected chi connectivity index (χ1v) is 6.95. The molecule has 3 heteroatoms. The van der Waals surface area contributed by atoms with E-state index in [0.717, 1.165) is 12.1 Å². The normalized spacial score (nSPS) is 34.1. The Kier molecular flexibility index (Phi) is 4.62. The third-order valence-electron chi connectivity index (χ3n) is 4.13. The molecule has 0 bridgehead atoms. The SMILES string of the molecule is CCN1CCCC(NC2CCN(C)C2)CC1. The standard InChI is InChI=1S/C13H27N3/c1-3-16-8-4-5-12(7-10-16)14-13-6-9-15(2)11-13/h12-14H,3-11H2,1-2H3. The van der Waals surface area contributed by atoms with Gasteiger partial charge in [-0.15, -0.1) is 0 Å². The highest BCUT2D eigenvalue weighted by Gasteiger charge is 2.23. The van der Waals surface area contributed by atoms with Gasteiger partial charge >= 0.3 is 0 Å². The molecule has 2 atom stereocenters. The van der Waals surface area contributed by atoms with Gasteiger partial charge in [-0.3, -0.25) is 0 Å². The van der Waals surface area contributed by atoms with Crippen LogP contribution in [-0.4, -0.2) is 61.7 Å². The molecule has 0 aromatic heterocycles. The highest BCUT2D eigenvalue weighted by Crippen LogP contribution is 2.14. The maximum atomic E-state index is 3.86. The van der Waals surface area contributed by atoms with Crippen molar-refractivity contribution in [3.63, 3.8) is 0 Å². The molecule has 1 N–H and O–H groups in total. The van der Waals surface area contributed by atoms with Gasteiger partial charge in [-0.1, -0.05) is 6.92 Å². The summed E-state index contributed by atoms with van der Waals surface area (Å²) in [5.74, 6) is 0. The van der Waals surface area contributed by atoms with Crippen LogP contribution >= 0.6 is 0 Å². The molecule has 2 rings (SSSR count). The number of nitrogens with one attached hydrogen (secondary N) is 1. The van der Waals surface area contributed by atoms with Crippen LogP contribution in [0.15, 0.2) is 0 Å². The van der Waals surface area contributed by atoms with Gasteiger partial charge in [0.25, 0.3) is 0 Å². The molecule has 2 aliphatic heterocycles. The zero-order valence-electron chi connectivity index (χ0n) is 10.9. The quantitative estimate of drug-likeness (QED) is 0.777. The summed E-state index contributed by atoms with van der Waals surface area (Å²) in [6, 6.07) is 1.52. The second-order valence-electron chi connectivity index (χ2n) is 5.48. The van der Waals surface area contributed by atoms with Crippen LogP contribution in [0.5, 0.6) is 0 Å². The third-order valence-corrected chi connectivity index (χ3v) is 4.13. The highest BCUT2D eigenvalue weighted by molar-refractivity contribution is 4.84. The zero-order chi connectivity index (χ0) is 11.4. The Balaban J connectivity index is 1.73. The average Bonchev–Trinajstić information content (AvgIpc) is 2.55. The van der Waals surface area contributed by atoms with Crippen LogP contribution in [0.1, 0.15) is 32.6 Å². The lowest BCUT2D eigenvalue weighted by molar-refractivity contribution is 0.294. The van der Waals surface area contributed by atoms with Crippen LogP contribution in [0.2, 0.25) is 0 Å². The topological polar surface area (TPSA) is 18.5 Å². The summed E-state index contributed by atoms with van der Waals surface area (Å²) in [7, 11) is 2.23. The molecule has 0 spiro atoms. The maximum absolute atomic E-state index is 3.86. The Hall–Kier alpha value is -0.120. The van der Waals surface area contributed by atoms with Gasteiger partial charge in [-0.25, -0.2) is 0 Å². The van der Waals surface area contributed by atoms with Crippen LogP contribution in [0.4, 0.5) is 0 Å². The van der Waals surface area contributed by atoms with Crippen molar-refractivity contribution < 1.29 is 0 Å². The van der Waals surface area contributed by atoms with E-state index in [1.54, 1.807) is 0 Å². The minimum absolute atomic E-state index is 0.753. The van der Waals surface area contributed by atoms with E-state index in [9.17, 15) is 0 Å². The number of hydrogen-bond donors (Lipinski definition) is 1.